The summed E-state index contributed by atoms with van der Waals surface area (Å²) in [6, 6.07) is 16.4. The lowest BCUT2D eigenvalue weighted by molar-refractivity contribution is -0.115. The second-order valence-electron chi connectivity index (χ2n) is 7.84. The van der Waals surface area contributed by atoms with Crippen LogP contribution in [-0.2, 0) is 23.5 Å². The SMILES string of the molecule is CCn1c(Cc2ccccc2)nnc1SCc1csc(N(C(C)=O)c2ccc(C)c(C)c2)n1. The number of amides is 1. The minimum absolute atomic E-state index is 0.0527. The molecule has 1 amide bonds. The fraction of sp³-hybridized carbons (Fsp3) is 0.280. The lowest BCUT2D eigenvalue weighted by Gasteiger charge is -2.19. The summed E-state index contributed by atoms with van der Waals surface area (Å²) in [6.45, 7) is 8.61. The van der Waals surface area contributed by atoms with Gasteiger partial charge in [-0.25, -0.2) is 4.98 Å². The summed E-state index contributed by atoms with van der Waals surface area (Å²) in [5.41, 5.74) is 5.33. The molecule has 0 aliphatic heterocycles. The number of carbonyl (C=O) groups is 1. The van der Waals surface area contributed by atoms with Gasteiger partial charge < -0.3 is 4.57 Å². The van der Waals surface area contributed by atoms with E-state index < -0.39 is 0 Å². The first kappa shape index (κ1) is 23.2. The van der Waals surface area contributed by atoms with E-state index in [2.05, 4.69) is 47.7 Å². The second kappa shape index (κ2) is 10.3. The van der Waals surface area contributed by atoms with Gasteiger partial charge in [-0.05, 0) is 49.6 Å². The zero-order chi connectivity index (χ0) is 23.4. The molecule has 0 N–H and O–H groups in total. The Morgan fingerprint density at radius 1 is 1.09 bits per heavy atom. The lowest BCUT2D eigenvalue weighted by Crippen LogP contribution is -2.22. The van der Waals surface area contributed by atoms with E-state index in [1.54, 1.807) is 23.6 Å². The number of rotatable bonds is 8. The van der Waals surface area contributed by atoms with Crippen molar-refractivity contribution in [3.05, 3.63) is 82.1 Å². The van der Waals surface area contributed by atoms with Gasteiger partial charge in [0.05, 0.1) is 11.4 Å². The van der Waals surface area contributed by atoms with Gasteiger partial charge in [0.2, 0.25) is 5.91 Å². The third-order valence-electron chi connectivity index (χ3n) is 5.46. The molecule has 0 radical (unpaired) electrons. The van der Waals surface area contributed by atoms with Gasteiger partial charge in [0.15, 0.2) is 10.3 Å². The Balaban J connectivity index is 1.48. The quantitative estimate of drug-likeness (QED) is 0.294. The number of aryl methyl sites for hydroxylation is 2. The molecule has 0 unspecified atom stereocenters. The molecule has 0 saturated heterocycles. The van der Waals surface area contributed by atoms with Crippen LogP contribution in [0.1, 0.15) is 42.1 Å². The first-order chi connectivity index (χ1) is 16.0. The van der Waals surface area contributed by atoms with Crippen molar-refractivity contribution in [2.45, 2.75) is 51.6 Å². The van der Waals surface area contributed by atoms with Crippen molar-refractivity contribution in [2.24, 2.45) is 0 Å². The molecule has 2 aromatic heterocycles. The minimum atomic E-state index is -0.0527. The van der Waals surface area contributed by atoms with Gasteiger partial charge in [-0.1, -0.05) is 48.2 Å². The van der Waals surface area contributed by atoms with E-state index in [1.165, 1.54) is 22.5 Å². The monoisotopic (exact) mass is 477 g/mol. The number of thiazole rings is 1. The topological polar surface area (TPSA) is 63.9 Å². The van der Waals surface area contributed by atoms with Crippen LogP contribution in [0.15, 0.2) is 59.1 Å². The number of aromatic nitrogens is 4. The molecule has 2 aromatic carbocycles. The fourth-order valence-electron chi connectivity index (χ4n) is 3.55. The summed E-state index contributed by atoms with van der Waals surface area (Å²) >= 11 is 3.10. The maximum atomic E-state index is 12.4. The number of anilines is 2. The van der Waals surface area contributed by atoms with E-state index in [0.717, 1.165) is 40.9 Å². The second-order valence-corrected chi connectivity index (χ2v) is 9.62. The standard InChI is InChI=1S/C25H27N5OS2/c1-5-29-23(14-20-9-7-6-8-10-20)27-28-25(29)33-16-21-15-32-24(26-21)30(19(4)31)22-12-11-17(2)18(3)13-22/h6-13,15H,5,14,16H2,1-4H3. The molecule has 2 heterocycles. The van der Waals surface area contributed by atoms with Crippen LogP contribution in [0.5, 0.6) is 0 Å². The first-order valence-corrected chi connectivity index (χ1v) is 12.7. The maximum absolute atomic E-state index is 12.4. The van der Waals surface area contributed by atoms with Gasteiger partial charge in [0.25, 0.3) is 0 Å². The molecule has 6 nitrogen and oxygen atoms in total. The van der Waals surface area contributed by atoms with Crippen LogP contribution in [0.4, 0.5) is 10.8 Å². The Bertz CT molecular complexity index is 1250. The molecular weight excluding hydrogens is 450 g/mol. The molecule has 0 aliphatic carbocycles. The predicted octanol–water partition coefficient (Wildman–Crippen LogP) is 5.94. The molecule has 0 atom stereocenters. The molecule has 0 bridgehead atoms. The molecule has 33 heavy (non-hydrogen) atoms. The van der Waals surface area contributed by atoms with E-state index in [-0.39, 0.29) is 5.91 Å². The first-order valence-electron chi connectivity index (χ1n) is 10.9. The van der Waals surface area contributed by atoms with Gasteiger partial charge >= 0.3 is 0 Å². The highest BCUT2D eigenvalue weighted by atomic mass is 32.2. The average molecular weight is 478 g/mol. The number of carbonyl (C=O) groups excluding carboxylic acids is 1. The number of nitrogens with zero attached hydrogens (tertiary/aromatic N) is 5. The predicted molar refractivity (Wildman–Crippen MR) is 135 cm³/mol. The molecule has 0 fully saturated rings. The van der Waals surface area contributed by atoms with Crippen molar-refractivity contribution >= 4 is 39.8 Å². The van der Waals surface area contributed by atoms with E-state index in [1.807, 2.05) is 41.8 Å². The zero-order valence-electron chi connectivity index (χ0n) is 19.3. The third-order valence-corrected chi connectivity index (χ3v) is 7.33. The third kappa shape index (κ3) is 5.34. The molecule has 4 aromatic rings. The number of hydrogen-bond donors (Lipinski definition) is 0. The van der Waals surface area contributed by atoms with Crippen LogP contribution in [0.3, 0.4) is 0 Å². The van der Waals surface area contributed by atoms with Crippen LogP contribution >= 0.6 is 23.1 Å². The Morgan fingerprint density at radius 2 is 1.88 bits per heavy atom. The highest BCUT2D eigenvalue weighted by Crippen LogP contribution is 2.32. The van der Waals surface area contributed by atoms with Crippen LogP contribution in [0, 0.1) is 13.8 Å². The van der Waals surface area contributed by atoms with Crippen molar-refractivity contribution in [3.8, 4) is 0 Å². The minimum Gasteiger partial charge on any atom is -0.306 e. The van der Waals surface area contributed by atoms with E-state index in [9.17, 15) is 4.79 Å². The summed E-state index contributed by atoms with van der Waals surface area (Å²) in [6.07, 6.45) is 0.757. The summed E-state index contributed by atoms with van der Waals surface area (Å²) in [4.78, 5) is 18.9. The van der Waals surface area contributed by atoms with Gasteiger partial charge in [-0.3, -0.25) is 9.69 Å². The largest absolute Gasteiger partial charge is 0.306 e. The van der Waals surface area contributed by atoms with E-state index in [4.69, 9.17) is 4.98 Å². The van der Waals surface area contributed by atoms with Crippen molar-refractivity contribution < 1.29 is 4.79 Å². The highest BCUT2D eigenvalue weighted by Gasteiger charge is 2.19. The number of thioether (sulfide) groups is 1. The molecule has 4 rings (SSSR count). The molecule has 0 saturated carbocycles. The summed E-state index contributed by atoms with van der Waals surface area (Å²) < 4.78 is 2.15. The molecule has 170 valence electrons. The summed E-state index contributed by atoms with van der Waals surface area (Å²) in [5, 5.41) is 12.4. The Labute approximate surface area is 202 Å². The van der Waals surface area contributed by atoms with Gasteiger partial charge in [-0.15, -0.1) is 21.5 Å². The Kier molecular flexibility index (Phi) is 7.25. The van der Waals surface area contributed by atoms with Gasteiger partial charge in [0.1, 0.15) is 5.82 Å². The fourth-order valence-corrected chi connectivity index (χ4v) is 5.45. The molecule has 0 spiro atoms. The highest BCUT2D eigenvalue weighted by molar-refractivity contribution is 7.98. The van der Waals surface area contributed by atoms with E-state index >= 15 is 0 Å². The van der Waals surface area contributed by atoms with Crippen LogP contribution in [0.2, 0.25) is 0 Å². The van der Waals surface area contributed by atoms with Crippen LogP contribution in [0.25, 0.3) is 0 Å². The number of benzene rings is 2. The van der Waals surface area contributed by atoms with Gasteiger partial charge in [0, 0.05) is 31.0 Å². The molecule has 0 aliphatic rings. The smallest absolute Gasteiger partial charge is 0.230 e. The molecular formula is C25H27N5OS2. The van der Waals surface area contributed by atoms with Crippen molar-refractivity contribution in [3.63, 3.8) is 0 Å². The van der Waals surface area contributed by atoms with Crippen LogP contribution in [-0.4, -0.2) is 25.7 Å². The number of hydrogen-bond acceptors (Lipinski definition) is 6. The van der Waals surface area contributed by atoms with Crippen molar-refractivity contribution in [1.82, 2.24) is 19.7 Å². The van der Waals surface area contributed by atoms with E-state index in [0.29, 0.717) is 10.9 Å². The maximum Gasteiger partial charge on any atom is 0.230 e. The Morgan fingerprint density at radius 3 is 2.58 bits per heavy atom. The van der Waals surface area contributed by atoms with Crippen molar-refractivity contribution in [2.75, 3.05) is 4.90 Å². The van der Waals surface area contributed by atoms with Crippen molar-refractivity contribution in [1.29, 1.82) is 0 Å². The zero-order valence-corrected chi connectivity index (χ0v) is 20.9. The lowest BCUT2D eigenvalue weighted by atomic mass is 10.1. The normalized spacial score (nSPS) is 11.0. The summed E-state index contributed by atoms with van der Waals surface area (Å²) in [7, 11) is 0. The molecule has 8 heteroatoms. The Hall–Kier alpha value is -2.97. The van der Waals surface area contributed by atoms with Crippen LogP contribution < -0.4 is 4.90 Å². The average Bonchev–Trinajstić information content (AvgIpc) is 3.42. The van der Waals surface area contributed by atoms with Gasteiger partial charge in [-0.2, -0.15) is 0 Å². The summed E-state index contributed by atoms with van der Waals surface area (Å²) in [5.74, 6) is 1.57.